The average molecular weight is 380 g/mol. The number of hydrogen-bond acceptors (Lipinski definition) is 4. The van der Waals surface area contributed by atoms with Gasteiger partial charge in [0.1, 0.15) is 5.82 Å². The topological polar surface area (TPSA) is 57.6 Å². The summed E-state index contributed by atoms with van der Waals surface area (Å²) in [5, 5.41) is 0. The predicted octanol–water partition coefficient (Wildman–Crippen LogP) is 1.43. The van der Waals surface area contributed by atoms with Crippen LogP contribution in [0.5, 0.6) is 0 Å². The van der Waals surface area contributed by atoms with Crippen molar-refractivity contribution in [2.75, 3.05) is 39.8 Å². The molecule has 0 aliphatic carbocycles. The molecule has 0 radical (unpaired) electrons. The molecule has 1 aliphatic heterocycles. The maximum absolute atomic E-state index is 13.1. The van der Waals surface area contributed by atoms with Gasteiger partial charge in [0.2, 0.25) is 10.0 Å². The second-order valence-corrected chi connectivity index (χ2v) is 8.47. The summed E-state index contributed by atoms with van der Waals surface area (Å²) in [6.45, 7) is 3.92. The van der Waals surface area contributed by atoms with Gasteiger partial charge in [0.05, 0.1) is 10.9 Å². The number of sulfonamides is 1. The van der Waals surface area contributed by atoms with Crippen LogP contribution in [0.2, 0.25) is 0 Å². The van der Waals surface area contributed by atoms with Gasteiger partial charge in [-0.05, 0) is 43.4 Å². The van der Waals surface area contributed by atoms with Crippen LogP contribution in [0, 0.1) is 5.82 Å². The van der Waals surface area contributed by atoms with E-state index in [1.54, 1.807) is 0 Å². The molecule has 2 aromatic rings. The molecule has 2 heterocycles. The molecule has 142 valence electrons. The van der Waals surface area contributed by atoms with Gasteiger partial charge >= 0.3 is 0 Å². The van der Waals surface area contributed by atoms with Gasteiger partial charge in [0.15, 0.2) is 0 Å². The molecular formula is C18H25FN4O2S. The van der Waals surface area contributed by atoms with E-state index in [1.165, 1.54) is 12.1 Å². The maximum atomic E-state index is 13.1. The van der Waals surface area contributed by atoms with Crippen LogP contribution in [-0.2, 0) is 17.1 Å². The van der Waals surface area contributed by atoms with Crippen molar-refractivity contribution >= 4 is 10.0 Å². The van der Waals surface area contributed by atoms with E-state index < -0.39 is 15.8 Å². The van der Waals surface area contributed by atoms with Crippen molar-refractivity contribution in [2.45, 2.75) is 10.9 Å². The van der Waals surface area contributed by atoms with Crippen molar-refractivity contribution in [2.24, 2.45) is 7.05 Å². The highest BCUT2D eigenvalue weighted by atomic mass is 32.2. The number of aromatic nitrogens is 1. The molecule has 26 heavy (non-hydrogen) atoms. The van der Waals surface area contributed by atoms with Crippen LogP contribution in [0.1, 0.15) is 11.7 Å². The maximum Gasteiger partial charge on any atom is 0.240 e. The molecule has 0 amide bonds. The van der Waals surface area contributed by atoms with Crippen LogP contribution in [0.15, 0.2) is 47.5 Å². The Balaban J connectivity index is 1.77. The minimum absolute atomic E-state index is 0.0566. The van der Waals surface area contributed by atoms with Gasteiger partial charge in [-0.1, -0.05) is 0 Å². The molecule has 1 aliphatic rings. The molecule has 6 nitrogen and oxygen atoms in total. The number of piperazine rings is 1. The number of halogens is 1. The van der Waals surface area contributed by atoms with E-state index in [0.717, 1.165) is 44.0 Å². The molecule has 0 bridgehead atoms. The van der Waals surface area contributed by atoms with Gasteiger partial charge in [-0.15, -0.1) is 0 Å². The van der Waals surface area contributed by atoms with Crippen molar-refractivity contribution in [3.05, 3.63) is 54.1 Å². The third-order valence-corrected chi connectivity index (χ3v) is 6.33. The molecule has 1 fully saturated rings. The summed E-state index contributed by atoms with van der Waals surface area (Å²) in [4.78, 5) is 4.65. The molecule has 0 spiro atoms. The van der Waals surface area contributed by atoms with Gasteiger partial charge in [0, 0.05) is 51.7 Å². The zero-order valence-corrected chi connectivity index (χ0v) is 15.9. The van der Waals surface area contributed by atoms with Crippen LogP contribution in [0.3, 0.4) is 0 Å². The van der Waals surface area contributed by atoms with Crippen molar-refractivity contribution in [1.82, 2.24) is 19.1 Å². The molecule has 1 unspecified atom stereocenters. The third-order valence-electron chi connectivity index (χ3n) is 4.89. The van der Waals surface area contributed by atoms with E-state index in [-0.39, 0.29) is 17.5 Å². The number of nitrogens with one attached hydrogen (secondary N) is 1. The first-order valence-corrected chi connectivity index (χ1v) is 10.1. The van der Waals surface area contributed by atoms with Gasteiger partial charge in [-0.3, -0.25) is 4.90 Å². The predicted molar refractivity (Wildman–Crippen MR) is 98.8 cm³/mol. The molecule has 1 atom stereocenters. The van der Waals surface area contributed by atoms with Crippen LogP contribution in [0.4, 0.5) is 4.39 Å². The van der Waals surface area contributed by atoms with E-state index in [2.05, 4.69) is 21.6 Å². The molecule has 1 aromatic heterocycles. The molecule has 8 heteroatoms. The highest BCUT2D eigenvalue weighted by Crippen LogP contribution is 2.22. The van der Waals surface area contributed by atoms with Crippen LogP contribution < -0.4 is 4.72 Å². The Morgan fingerprint density at radius 3 is 2.31 bits per heavy atom. The van der Waals surface area contributed by atoms with Crippen molar-refractivity contribution in [3.8, 4) is 0 Å². The zero-order chi connectivity index (χ0) is 18.7. The number of likely N-dealkylation sites (N-methyl/N-ethyl adjacent to an activating group) is 1. The fourth-order valence-electron chi connectivity index (χ4n) is 3.26. The minimum Gasteiger partial charge on any atom is -0.353 e. The zero-order valence-electron chi connectivity index (χ0n) is 15.1. The van der Waals surface area contributed by atoms with Crippen molar-refractivity contribution in [3.63, 3.8) is 0 Å². The largest absolute Gasteiger partial charge is 0.353 e. The van der Waals surface area contributed by atoms with E-state index in [9.17, 15) is 12.8 Å². The lowest BCUT2D eigenvalue weighted by Gasteiger charge is -2.38. The van der Waals surface area contributed by atoms with Gasteiger partial charge < -0.3 is 9.47 Å². The van der Waals surface area contributed by atoms with Crippen LogP contribution >= 0.6 is 0 Å². The summed E-state index contributed by atoms with van der Waals surface area (Å²) < 4.78 is 42.9. The summed E-state index contributed by atoms with van der Waals surface area (Å²) in [6, 6.07) is 8.81. The first kappa shape index (κ1) is 19.0. The first-order chi connectivity index (χ1) is 12.4. The third kappa shape index (κ3) is 4.32. The Hall–Kier alpha value is -1.74. The summed E-state index contributed by atoms with van der Waals surface area (Å²) in [5.74, 6) is -0.455. The van der Waals surface area contributed by atoms with Gasteiger partial charge in [0.25, 0.3) is 0 Å². The standard InChI is InChI=1S/C18H25FN4O2S/c1-21-10-12-23(13-11-21)18(17-4-3-9-22(17)2)14-20-26(24,25)16-7-5-15(19)6-8-16/h3-9,18,20H,10-14H2,1-2H3. The fourth-order valence-corrected chi connectivity index (χ4v) is 4.30. The highest BCUT2D eigenvalue weighted by molar-refractivity contribution is 7.89. The second kappa shape index (κ2) is 7.87. The molecule has 0 saturated carbocycles. The summed E-state index contributed by atoms with van der Waals surface area (Å²) in [5.41, 5.74) is 1.07. The van der Waals surface area contributed by atoms with E-state index in [1.807, 2.05) is 29.9 Å². The summed E-state index contributed by atoms with van der Waals surface area (Å²) in [7, 11) is 0.366. The first-order valence-electron chi connectivity index (χ1n) is 8.66. The smallest absolute Gasteiger partial charge is 0.240 e. The lowest BCUT2D eigenvalue weighted by molar-refractivity contribution is 0.109. The number of hydrogen-bond donors (Lipinski definition) is 1. The number of nitrogens with zero attached hydrogens (tertiary/aromatic N) is 3. The van der Waals surface area contributed by atoms with E-state index in [0.29, 0.717) is 0 Å². The van der Waals surface area contributed by atoms with E-state index >= 15 is 0 Å². The fraction of sp³-hybridized carbons (Fsp3) is 0.444. The Kier molecular flexibility index (Phi) is 5.76. The average Bonchev–Trinajstić information content (AvgIpc) is 3.03. The van der Waals surface area contributed by atoms with Crippen LogP contribution in [-0.4, -0.2) is 62.6 Å². The Morgan fingerprint density at radius 2 is 1.73 bits per heavy atom. The number of aryl methyl sites for hydroxylation is 1. The number of benzene rings is 1. The second-order valence-electron chi connectivity index (χ2n) is 6.70. The Bertz CT molecular complexity index is 827. The Labute approximate surface area is 154 Å². The monoisotopic (exact) mass is 380 g/mol. The number of rotatable bonds is 6. The molecule has 1 saturated heterocycles. The molecule has 1 N–H and O–H groups in total. The lowest BCUT2D eigenvalue weighted by Crippen LogP contribution is -2.48. The molecule has 1 aromatic carbocycles. The van der Waals surface area contributed by atoms with Gasteiger partial charge in [-0.2, -0.15) is 0 Å². The van der Waals surface area contributed by atoms with Crippen molar-refractivity contribution < 1.29 is 12.8 Å². The van der Waals surface area contributed by atoms with Crippen LogP contribution in [0.25, 0.3) is 0 Å². The quantitative estimate of drug-likeness (QED) is 0.824. The lowest BCUT2D eigenvalue weighted by atomic mass is 10.1. The Morgan fingerprint density at radius 1 is 1.08 bits per heavy atom. The van der Waals surface area contributed by atoms with Gasteiger partial charge in [-0.25, -0.2) is 17.5 Å². The summed E-state index contributed by atoms with van der Waals surface area (Å²) >= 11 is 0. The molecular weight excluding hydrogens is 355 g/mol. The SMILES string of the molecule is CN1CCN(C(CNS(=O)(=O)c2ccc(F)cc2)c2cccn2C)CC1. The minimum atomic E-state index is -3.69. The summed E-state index contributed by atoms with van der Waals surface area (Å²) in [6.07, 6.45) is 1.97. The molecule has 3 rings (SSSR count). The normalized spacial score (nSPS) is 18.1. The highest BCUT2D eigenvalue weighted by Gasteiger charge is 2.27. The van der Waals surface area contributed by atoms with E-state index in [4.69, 9.17) is 0 Å². The van der Waals surface area contributed by atoms with Crippen molar-refractivity contribution in [1.29, 1.82) is 0 Å².